The molecule has 0 spiro atoms. The van der Waals surface area contributed by atoms with Crippen LogP contribution in [0, 0.1) is 11.3 Å². The van der Waals surface area contributed by atoms with Gasteiger partial charge in [0.05, 0.1) is 24.2 Å². The Kier molecular flexibility index (Phi) is 3.76. The normalized spacial score (nSPS) is 24.3. The van der Waals surface area contributed by atoms with Crippen molar-refractivity contribution in [2.75, 3.05) is 0 Å². The van der Waals surface area contributed by atoms with Crippen LogP contribution in [0.25, 0.3) is 0 Å². The Hall–Kier alpha value is -2.12. The summed E-state index contributed by atoms with van der Waals surface area (Å²) >= 11 is 0. The summed E-state index contributed by atoms with van der Waals surface area (Å²) < 4.78 is 5.58. The number of hydrogen-bond acceptors (Lipinski definition) is 4. The molecule has 2 aromatic rings. The van der Waals surface area contributed by atoms with Gasteiger partial charge in [-0.15, -0.1) is 0 Å². The SMILES string of the molecule is CCc1cnc(CNC2CC(C#N)(c3ccccc3)C2)o1. The van der Waals surface area contributed by atoms with Crippen LogP contribution in [0.3, 0.4) is 0 Å². The molecule has 1 aromatic carbocycles. The third kappa shape index (κ3) is 2.70. The molecule has 0 unspecified atom stereocenters. The van der Waals surface area contributed by atoms with E-state index in [9.17, 15) is 5.26 Å². The Balaban J connectivity index is 1.56. The van der Waals surface area contributed by atoms with Gasteiger partial charge in [-0.3, -0.25) is 0 Å². The van der Waals surface area contributed by atoms with Crippen molar-refractivity contribution >= 4 is 0 Å². The Labute approximate surface area is 124 Å². The molecule has 4 heteroatoms. The average Bonchev–Trinajstić information content (AvgIpc) is 2.95. The van der Waals surface area contributed by atoms with Crippen LogP contribution < -0.4 is 5.32 Å². The summed E-state index contributed by atoms with van der Waals surface area (Å²) in [7, 11) is 0. The van der Waals surface area contributed by atoms with Crippen molar-refractivity contribution in [1.29, 1.82) is 5.26 Å². The third-order valence-corrected chi connectivity index (χ3v) is 4.22. The number of nitrogens with zero attached hydrogens (tertiary/aromatic N) is 2. The van der Waals surface area contributed by atoms with Gasteiger partial charge in [-0.1, -0.05) is 37.3 Å². The lowest BCUT2D eigenvalue weighted by Crippen LogP contribution is -2.50. The van der Waals surface area contributed by atoms with Crippen molar-refractivity contribution in [3.05, 3.63) is 53.7 Å². The fraction of sp³-hybridized carbons (Fsp3) is 0.412. The maximum Gasteiger partial charge on any atom is 0.208 e. The zero-order chi connectivity index (χ0) is 14.7. The first-order valence-electron chi connectivity index (χ1n) is 7.39. The molecule has 1 fully saturated rings. The van der Waals surface area contributed by atoms with E-state index in [2.05, 4.69) is 16.4 Å². The maximum atomic E-state index is 9.52. The van der Waals surface area contributed by atoms with Gasteiger partial charge < -0.3 is 9.73 Å². The summed E-state index contributed by atoms with van der Waals surface area (Å²) in [5, 5.41) is 12.9. The number of rotatable bonds is 5. The van der Waals surface area contributed by atoms with Gasteiger partial charge in [0.1, 0.15) is 5.76 Å². The van der Waals surface area contributed by atoms with Crippen LogP contribution in [0.2, 0.25) is 0 Å². The first-order valence-corrected chi connectivity index (χ1v) is 7.39. The number of nitriles is 1. The van der Waals surface area contributed by atoms with Crippen LogP contribution in [-0.4, -0.2) is 11.0 Å². The van der Waals surface area contributed by atoms with Crippen LogP contribution >= 0.6 is 0 Å². The van der Waals surface area contributed by atoms with Gasteiger partial charge in [0, 0.05) is 12.5 Å². The summed E-state index contributed by atoms with van der Waals surface area (Å²) in [6, 6.07) is 12.9. The minimum absolute atomic E-state index is 0.329. The lowest BCUT2D eigenvalue weighted by atomic mass is 9.62. The highest BCUT2D eigenvalue weighted by Gasteiger charge is 2.45. The van der Waals surface area contributed by atoms with E-state index in [1.165, 1.54) is 0 Å². The quantitative estimate of drug-likeness (QED) is 0.915. The minimum atomic E-state index is -0.329. The molecule has 0 radical (unpaired) electrons. The Morgan fingerprint density at radius 3 is 2.76 bits per heavy atom. The van der Waals surface area contributed by atoms with Crippen LogP contribution in [0.15, 0.2) is 40.9 Å². The fourth-order valence-corrected chi connectivity index (χ4v) is 2.90. The number of benzene rings is 1. The molecule has 1 aliphatic carbocycles. The van der Waals surface area contributed by atoms with E-state index in [0.29, 0.717) is 12.6 Å². The van der Waals surface area contributed by atoms with Gasteiger partial charge >= 0.3 is 0 Å². The predicted octanol–water partition coefficient (Wildman–Crippen LogP) is 2.95. The van der Waals surface area contributed by atoms with Crippen molar-refractivity contribution in [1.82, 2.24) is 10.3 Å². The molecule has 0 amide bonds. The monoisotopic (exact) mass is 281 g/mol. The Morgan fingerprint density at radius 1 is 1.38 bits per heavy atom. The van der Waals surface area contributed by atoms with Gasteiger partial charge in [0.15, 0.2) is 0 Å². The Morgan fingerprint density at radius 2 is 2.14 bits per heavy atom. The van der Waals surface area contributed by atoms with E-state index in [1.54, 1.807) is 6.20 Å². The summed E-state index contributed by atoms with van der Waals surface area (Å²) in [6.45, 7) is 2.67. The lowest BCUT2D eigenvalue weighted by molar-refractivity contribution is 0.219. The summed E-state index contributed by atoms with van der Waals surface area (Å²) in [4.78, 5) is 4.24. The van der Waals surface area contributed by atoms with E-state index in [0.717, 1.165) is 36.5 Å². The molecule has 0 aliphatic heterocycles. The summed E-state index contributed by atoms with van der Waals surface area (Å²) in [6.07, 6.45) is 4.33. The average molecular weight is 281 g/mol. The second-order valence-corrected chi connectivity index (χ2v) is 5.62. The van der Waals surface area contributed by atoms with Crippen molar-refractivity contribution < 1.29 is 4.42 Å². The number of aromatic nitrogens is 1. The second-order valence-electron chi connectivity index (χ2n) is 5.62. The molecule has 108 valence electrons. The first kappa shape index (κ1) is 13.8. The molecule has 1 N–H and O–H groups in total. The van der Waals surface area contributed by atoms with Crippen LogP contribution in [-0.2, 0) is 18.4 Å². The predicted molar refractivity (Wildman–Crippen MR) is 79.5 cm³/mol. The number of hydrogen-bond donors (Lipinski definition) is 1. The molecule has 0 saturated heterocycles. The standard InChI is InChI=1S/C17H19N3O/c1-2-15-10-20-16(21-15)11-19-14-8-17(9-14,12-18)13-6-4-3-5-7-13/h3-7,10,14,19H,2,8-9,11H2,1H3. The molecule has 3 rings (SSSR count). The van der Waals surface area contributed by atoms with Crippen molar-refractivity contribution in [2.24, 2.45) is 0 Å². The third-order valence-electron chi connectivity index (χ3n) is 4.22. The smallest absolute Gasteiger partial charge is 0.208 e. The van der Waals surface area contributed by atoms with Gasteiger partial charge in [-0.25, -0.2) is 4.98 Å². The highest BCUT2D eigenvalue weighted by Crippen LogP contribution is 2.43. The second kappa shape index (κ2) is 5.71. The van der Waals surface area contributed by atoms with E-state index in [1.807, 2.05) is 37.3 Å². The molecule has 1 aliphatic rings. The van der Waals surface area contributed by atoms with E-state index < -0.39 is 0 Å². The molecule has 4 nitrogen and oxygen atoms in total. The van der Waals surface area contributed by atoms with Crippen LogP contribution in [0.4, 0.5) is 0 Å². The van der Waals surface area contributed by atoms with Crippen molar-refractivity contribution in [2.45, 2.75) is 44.2 Å². The summed E-state index contributed by atoms with van der Waals surface area (Å²) in [5.74, 6) is 1.64. The molecular weight excluding hydrogens is 262 g/mol. The molecule has 0 atom stereocenters. The molecule has 21 heavy (non-hydrogen) atoms. The number of oxazole rings is 1. The molecular formula is C17H19N3O. The van der Waals surface area contributed by atoms with Crippen LogP contribution in [0.1, 0.15) is 37.0 Å². The van der Waals surface area contributed by atoms with Crippen molar-refractivity contribution in [3.63, 3.8) is 0 Å². The van der Waals surface area contributed by atoms with Gasteiger partial charge in [-0.05, 0) is 18.4 Å². The van der Waals surface area contributed by atoms with Gasteiger partial charge in [0.2, 0.25) is 5.89 Å². The molecule has 0 bridgehead atoms. The highest BCUT2D eigenvalue weighted by atomic mass is 16.4. The zero-order valence-corrected chi connectivity index (χ0v) is 12.2. The topological polar surface area (TPSA) is 61.9 Å². The summed E-state index contributed by atoms with van der Waals surface area (Å²) in [5.41, 5.74) is 0.791. The van der Waals surface area contributed by atoms with Crippen molar-refractivity contribution in [3.8, 4) is 6.07 Å². The van der Waals surface area contributed by atoms with E-state index >= 15 is 0 Å². The Bertz CT molecular complexity index is 636. The highest BCUT2D eigenvalue weighted by molar-refractivity contribution is 5.36. The first-order chi connectivity index (χ1) is 10.3. The molecule has 1 saturated carbocycles. The van der Waals surface area contributed by atoms with E-state index in [-0.39, 0.29) is 5.41 Å². The fourth-order valence-electron chi connectivity index (χ4n) is 2.90. The molecule has 1 aromatic heterocycles. The maximum absolute atomic E-state index is 9.52. The van der Waals surface area contributed by atoms with E-state index in [4.69, 9.17) is 4.42 Å². The van der Waals surface area contributed by atoms with Gasteiger partial charge in [0.25, 0.3) is 0 Å². The molecule has 1 heterocycles. The minimum Gasteiger partial charge on any atom is -0.444 e. The van der Waals surface area contributed by atoms with Crippen LogP contribution in [0.5, 0.6) is 0 Å². The number of nitrogens with one attached hydrogen (secondary N) is 1. The zero-order valence-electron chi connectivity index (χ0n) is 12.2. The largest absolute Gasteiger partial charge is 0.444 e. The lowest BCUT2D eigenvalue weighted by Gasteiger charge is -2.43. The number of aryl methyl sites for hydroxylation is 1. The van der Waals surface area contributed by atoms with Gasteiger partial charge in [-0.2, -0.15) is 5.26 Å².